The van der Waals surface area contributed by atoms with Crippen molar-refractivity contribution in [2.24, 2.45) is 5.73 Å². The highest BCUT2D eigenvalue weighted by Crippen LogP contribution is 2.21. The van der Waals surface area contributed by atoms with Crippen LogP contribution in [0, 0.1) is 13.8 Å². The second kappa shape index (κ2) is 6.10. The number of aryl methyl sites for hydroxylation is 2. The first-order valence-corrected chi connectivity index (χ1v) is 7.84. The van der Waals surface area contributed by atoms with Gasteiger partial charge in [-0.05, 0) is 43.2 Å². The number of hydrogen-bond donors (Lipinski definition) is 2. The Labute approximate surface area is 126 Å². The Bertz CT molecular complexity index is 726. The van der Waals surface area contributed by atoms with Crippen LogP contribution in [0.3, 0.4) is 0 Å². The van der Waals surface area contributed by atoms with Crippen molar-refractivity contribution in [3.05, 3.63) is 58.7 Å². The summed E-state index contributed by atoms with van der Waals surface area (Å²) in [7, 11) is -1.18. The average Bonchev–Trinajstić information content (AvgIpc) is 2.40. The summed E-state index contributed by atoms with van der Waals surface area (Å²) in [5.74, 6) is -0.210. The van der Waals surface area contributed by atoms with Gasteiger partial charge in [-0.2, -0.15) is 0 Å². The molecule has 0 saturated carbocycles. The van der Waals surface area contributed by atoms with Crippen LogP contribution in [0.1, 0.15) is 27.0 Å². The molecular formula is C16H18N2O2S. The van der Waals surface area contributed by atoms with Crippen LogP contribution in [0.25, 0.3) is 0 Å². The van der Waals surface area contributed by atoms with Gasteiger partial charge in [-0.1, -0.05) is 23.8 Å². The van der Waals surface area contributed by atoms with Crippen molar-refractivity contribution < 1.29 is 9.00 Å². The molecule has 5 heteroatoms. The standard InChI is InChI=1S/C16H18N2O2S/c1-10-3-6-15(11(2)7-10)21(20)9-13-5-4-12(16(18)19)8-14(13)17/h3-8H,9,17H2,1-2H3,(H2,18,19). The van der Waals surface area contributed by atoms with E-state index in [2.05, 4.69) is 0 Å². The molecule has 4 nitrogen and oxygen atoms in total. The van der Waals surface area contributed by atoms with Crippen molar-refractivity contribution >= 4 is 22.4 Å². The van der Waals surface area contributed by atoms with Crippen LogP contribution in [0.15, 0.2) is 41.3 Å². The third-order valence-electron chi connectivity index (χ3n) is 3.29. The maximum absolute atomic E-state index is 12.5. The van der Waals surface area contributed by atoms with Crippen molar-refractivity contribution in [2.45, 2.75) is 24.5 Å². The molecule has 0 bridgehead atoms. The molecule has 1 unspecified atom stereocenters. The third kappa shape index (κ3) is 3.49. The SMILES string of the molecule is Cc1ccc(S(=O)Cc2ccc(C(N)=O)cc2N)c(C)c1. The lowest BCUT2D eigenvalue weighted by Crippen LogP contribution is -2.12. The minimum Gasteiger partial charge on any atom is -0.398 e. The fourth-order valence-electron chi connectivity index (χ4n) is 2.15. The summed E-state index contributed by atoms with van der Waals surface area (Å²) >= 11 is 0. The van der Waals surface area contributed by atoms with Gasteiger partial charge in [0.25, 0.3) is 0 Å². The first-order valence-electron chi connectivity index (χ1n) is 6.52. The zero-order valence-electron chi connectivity index (χ0n) is 12.1. The van der Waals surface area contributed by atoms with Gasteiger partial charge in [0.1, 0.15) is 0 Å². The van der Waals surface area contributed by atoms with Crippen LogP contribution in [0.4, 0.5) is 5.69 Å². The van der Waals surface area contributed by atoms with E-state index in [0.717, 1.165) is 21.6 Å². The Morgan fingerprint density at radius 1 is 1.14 bits per heavy atom. The Kier molecular flexibility index (Phi) is 4.43. The number of nitrogen functional groups attached to an aromatic ring is 1. The number of carbonyl (C=O) groups is 1. The van der Waals surface area contributed by atoms with Crippen molar-refractivity contribution in [3.63, 3.8) is 0 Å². The molecule has 1 amide bonds. The van der Waals surface area contributed by atoms with Crippen LogP contribution >= 0.6 is 0 Å². The first-order chi connectivity index (χ1) is 9.88. The van der Waals surface area contributed by atoms with Crippen molar-refractivity contribution in [1.29, 1.82) is 0 Å². The zero-order chi connectivity index (χ0) is 15.6. The van der Waals surface area contributed by atoms with Gasteiger partial charge in [0.15, 0.2) is 0 Å². The minimum atomic E-state index is -1.18. The van der Waals surface area contributed by atoms with Gasteiger partial charge in [-0.15, -0.1) is 0 Å². The molecule has 0 aliphatic rings. The number of benzene rings is 2. The second-order valence-corrected chi connectivity index (χ2v) is 6.46. The molecule has 0 aliphatic carbocycles. The lowest BCUT2D eigenvalue weighted by atomic mass is 10.1. The van der Waals surface area contributed by atoms with Crippen LogP contribution in [0.5, 0.6) is 0 Å². The number of anilines is 1. The summed E-state index contributed by atoms with van der Waals surface area (Å²) < 4.78 is 12.5. The Hall–Kier alpha value is -2.14. The molecule has 0 heterocycles. The van der Waals surface area contributed by atoms with Gasteiger partial charge in [-0.25, -0.2) is 0 Å². The van der Waals surface area contributed by atoms with Gasteiger partial charge in [0.2, 0.25) is 5.91 Å². The normalized spacial score (nSPS) is 12.1. The first kappa shape index (κ1) is 15.3. The van der Waals surface area contributed by atoms with E-state index in [1.807, 2.05) is 32.0 Å². The van der Waals surface area contributed by atoms with Crippen LogP contribution < -0.4 is 11.5 Å². The quantitative estimate of drug-likeness (QED) is 0.850. The Balaban J connectivity index is 2.25. The maximum Gasteiger partial charge on any atom is 0.248 e. The lowest BCUT2D eigenvalue weighted by molar-refractivity contribution is 0.100. The van der Waals surface area contributed by atoms with Crippen LogP contribution in [-0.2, 0) is 16.6 Å². The number of nitrogens with two attached hydrogens (primary N) is 2. The molecule has 2 aromatic rings. The molecule has 0 aliphatic heterocycles. The Morgan fingerprint density at radius 3 is 2.43 bits per heavy atom. The number of primary amides is 1. The summed E-state index contributed by atoms with van der Waals surface area (Å²) in [5, 5.41) is 0. The monoisotopic (exact) mass is 302 g/mol. The number of amides is 1. The predicted molar refractivity (Wildman–Crippen MR) is 85.4 cm³/mol. The molecule has 2 rings (SSSR count). The van der Waals surface area contributed by atoms with Gasteiger partial charge in [0, 0.05) is 16.1 Å². The van der Waals surface area contributed by atoms with Crippen molar-refractivity contribution in [2.75, 3.05) is 5.73 Å². The number of hydrogen-bond acceptors (Lipinski definition) is 3. The second-order valence-electron chi connectivity index (χ2n) is 5.04. The number of carbonyl (C=O) groups excluding carboxylic acids is 1. The summed E-state index contributed by atoms with van der Waals surface area (Å²) in [4.78, 5) is 11.9. The minimum absolute atomic E-state index is 0.314. The Morgan fingerprint density at radius 2 is 1.86 bits per heavy atom. The highest BCUT2D eigenvalue weighted by Gasteiger charge is 2.11. The molecule has 0 fully saturated rings. The molecule has 1 atom stereocenters. The topological polar surface area (TPSA) is 86.2 Å². The van der Waals surface area contributed by atoms with Crippen LogP contribution in [-0.4, -0.2) is 10.1 Å². The van der Waals surface area contributed by atoms with E-state index < -0.39 is 16.7 Å². The summed E-state index contributed by atoms with van der Waals surface area (Å²) in [6.45, 7) is 3.94. The molecule has 0 saturated heterocycles. The fraction of sp³-hybridized carbons (Fsp3) is 0.188. The summed E-state index contributed by atoms with van der Waals surface area (Å²) in [6.07, 6.45) is 0. The fourth-order valence-corrected chi connectivity index (χ4v) is 3.49. The maximum atomic E-state index is 12.5. The molecule has 0 radical (unpaired) electrons. The van der Waals surface area contributed by atoms with E-state index in [9.17, 15) is 9.00 Å². The van der Waals surface area contributed by atoms with E-state index >= 15 is 0 Å². The molecule has 21 heavy (non-hydrogen) atoms. The van der Waals surface area contributed by atoms with E-state index in [-0.39, 0.29) is 0 Å². The molecule has 4 N–H and O–H groups in total. The third-order valence-corrected chi connectivity index (χ3v) is 4.81. The van der Waals surface area contributed by atoms with Gasteiger partial charge < -0.3 is 11.5 Å². The van der Waals surface area contributed by atoms with E-state index in [1.165, 1.54) is 6.07 Å². The average molecular weight is 302 g/mol. The van der Waals surface area contributed by atoms with E-state index in [0.29, 0.717) is 17.0 Å². The van der Waals surface area contributed by atoms with Crippen molar-refractivity contribution in [3.8, 4) is 0 Å². The molecule has 110 valence electrons. The summed E-state index contributed by atoms with van der Waals surface area (Å²) in [5.41, 5.74) is 14.8. The predicted octanol–water partition coefficient (Wildman–Crippen LogP) is 2.29. The number of rotatable bonds is 4. The van der Waals surface area contributed by atoms with Gasteiger partial charge >= 0.3 is 0 Å². The van der Waals surface area contributed by atoms with E-state index in [4.69, 9.17) is 11.5 Å². The smallest absolute Gasteiger partial charge is 0.248 e. The zero-order valence-corrected chi connectivity index (χ0v) is 12.9. The van der Waals surface area contributed by atoms with Gasteiger partial charge in [0.05, 0.1) is 16.6 Å². The largest absolute Gasteiger partial charge is 0.398 e. The highest BCUT2D eigenvalue weighted by atomic mass is 32.2. The van der Waals surface area contributed by atoms with Crippen LogP contribution in [0.2, 0.25) is 0 Å². The van der Waals surface area contributed by atoms with Crippen molar-refractivity contribution in [1.82, 2.24) is 0 Å². The molecule has 2 aromatic carbocycles. The summed E-state index contributed by atoms with van der Waals surface area (Å²) in [6, 6.07) is 10.7. The molecule has 0 spiro atoms. The molecule has 0 aromatic heterocycles. The lowest BCUT2D eigenvalue weighted by Gasteiger charge is -2.09. The highest BCUT2D eigenvalue weighted by molar-refractivity contribution is 7.84. The van der Waals surface area contributed by atoms with Gasteiger partial charge in [-0.3, -0.25) is 9.00 Å². The van der Waals surface area contributed by atoms with E-state index in [1.54, 1.807) is 12.1 Å². The molecular weight excluding hydrogens is 284 g/mol.